The molecule has 0 aromatic carbocycles. The Morgan fingerprint density at radius 2 is 1.75 bits per heavy atom. The fourth-order valence-corrected chi connectivity index (χ4v) is 0. The fraction of sp³-hybridized carbons (Fsp3) is 0.250. The molecule has 0 rings (SSSR count). The second-order valence-corrected chi connectivity index (χ2v) is 0.576. The van der Waals surface area contributed by atoms with Crippen molar-refractivity contribution in [3.8, 4) is 0 Å². The Kier molecular flexibility index (Phi) is 30.8. The number of esters is 1. The second-order valence-electron chi connectivity index (χ2n) is 0.576. The van der Waals surface area contributed by atoms with Gasteiger partial charge in [-0.25, -0.2) is 0 Å². The van der Waals surface area contributed by atoms with E-state index in [1.807, 2.05) is 0 Å². The van der Waals surface area contributed by atoms with Crippen molar-refractivity contribution in [2.75, 3.05) is 7.11 Å². The summed E-state index contributed by atoms with van der Waals surface area (Å²) in [6.45, 7) is 6.15. The van der Waals surface area contributed by atoms with E-state index in [-0.39, 0.29) is 35.6 Å². The van der Waals surface area contributed by atoms with Crippen LogP contribution >= 0.6 is 0 Å². The van der Waals surface area contributed by atoms with Crippen molar-refractivity contribution >= 4 is 12.8 Å². The Labute approximate surface area is 76.4 Å². The number of hydrogen-bond acceptors (Lipinski definition) is 3. The van der Waals surface area contributed by atoms with E-state index in [1.54, 1.807) is 0 Å². The number of carbonyl (C=O) groups is 1. The van der Waals surface area contributed by atoms with Crippen molar-refractivity contribution in [1.82, 2.24) is 0 Å². The normalized spacial score (nSPS) is 4.62. The molecule has 3 nitrogen and oxygen atoms in total. The minimum atomic E-state index is -0.495. The summed E-state index contributed by atoms with van der Waals surface area (Å²) >= 11 is 0. The van der Waals surface area contributed by atoms with E-state index < -0.39 is 5.97 Å². The van der Waals surface area contributed by atoms with Gasteiger partial charge in [0.2, 0.25) is 0 Å². The van der Waals surface area contributed by atoms with Crippen molar-refractivity contribution in [3.63, 3.8) is 0 Å². The van der Waals surface area contributed by atoms with Gasteiger partial charge in [0, 0.05) is 35.6 Å². The van der Waals surface area contributed by atoms with Crippen molar-refractivity contribution in [3.05, 3.63) is 6.92 Å². The largest absolute Gasteiger partial charge is 0.545 e. The molecule has 0 aliphatic heterocycles. The third-order valence-corrected chi connectivity index (χ3v) is 0.228. The number of methoxy groups -OCH3 is 1. The predicted octanol–water partition coefficient (Wildman–Crippen LogP) is -0.281. The van der Waals surface area contributed by atoms with Gasteiger partial charge in [0.05, 0.1) is 7.11 Å². The van der Waals surface area contributed by atoms with E-state index in [0.29, 0.717) is 0 Å². The summed E-state index contributed by atoms with van der Waals surface area (Å²) in [6, 6.07) is 0. The predicted molar refractivity (Wildman–Crippen MR) is 24.1 cm³/mol. The summed E-state index contributed by atoms with van der Waals surface area (Å²) in [5.41, 5.74) is 0. The topological polar surface area (TPSA) is 43.4 Å². The summed E-state index contributed by atoms with van der Waals surface area (Å²) in [7, 11) is 1.29. The second kappa shape index (κ2) is 15.7. The zero-order valence-electron chi connectivity index (χ0n) is 4.59. The Bertz CT molecular complexity index is 55.2. The van der Waals surface area contributed by atoms with Gasteiger partial charge in [-0.2, -0.15) is 0 Å². The summed E-state index contributed by atoms with van der Waals surface area (Å²) in [5.74, 6) is -0.495. The van der Waals surface area contributed by atoms with E-state index in [2.05, 4.69) is 18.4 Å². The van der Waals surface area contributed by atoms with Crippen molar-refractivity contribution in [2.24, 2.45) is 0 Å². The molecule has 4 heteroatoms. The first-order chi connectivity index (χ1) is 3.27. The maximum absolute atomic E-state index is 9.48. The minimum Gasteiger partial charge on any atom is -0.545 e. The average molecular weight is 241 g/mol. The molecule has 0 saturated carbocycles. The van der Waals surface area contributed by atoms with Crippen molar-refractivity contribution in [1.29, 1.82) is 0 Å². The van der Waals surface area contributed by atoms with Crippen LogP contribution < -0.4 is 0 Å². The quantitative estimate of drug-likeness (QED) is 0.333. The van der Waals surface area contributed by atoms with Gasteiger partial charge in [-0.05, 0) is 0 Å². The molecule has 1 radical (unpaired) electrons. The van der Waals surface area contributed by atoms with Gasteiger partial charge in [0.15, 0.2) is 5.97 Å². The smallest absolute Gasteiger partial charge is 0.164 e. The molecule has 0 spiro atoms. The number of hydrogen-bond donors (Lipinski definition) is 0. The average Bonchev–Trinajstić information content (AvgIpc) is 1.73. The van der Waals surface area contributed by atoms with Gasteiger partial charge in [-0.15, -0.1) is 0 Å². The Morgan fingerprint density at radius 3 is 1.75 bits per heavy atom. The van der Waals surface area contributed by atoms with Crippen LogP contribution in [0, 0.1) is 42.5 Å². The van der Waals surface area contributed by atoms with E-state index in [9.17, 15) is 4.79 Å². The molecule has 0 aliphatic rings. The molecule has 0 atom stereocenters. The Balaban J connectivity index is -0.0000000750. The third-order valence-electron chi connectivity index (χ3n) is 0.228. The summed E-state index contributed by atoms with van der Waals surface area (Å²) in [6.07, 6.45) is 0. The summed E-state index contributed by atoms with van der Waals surface area (Å²) < 4.78 is 4.00. The van der Waals surface area contributed by atoms with Crippen molar-refractivity contribution < 1.29 is 49.9 Å². The maximum atomic E-state index is 9.48. The van der Waals surface area contributed by atoms with Crippen LogP contribution in [0.3, 0.4) is 0 Å². The zero-order chi connectivity index (χ0) is 6.28. The molecule has 0 heterocycles. The standard InChI is InChI=1S/C3H5O2.CHO.La/c1-3(4)5-2;1-2;/h1H2,2H3;1H;/q2*-1;. The molecule has 8 heavy (non-hydrogen) atoms. The van der Waals surface area contributed by atoms with E-state index in [1.165, 1.54) is 7.11 Å². The van der Waals surface area contributed by atoms with Crippen LogP contribution in [0.5, 0.6) is 0 Å². The van der Waals surface area contributed by atoms with Crippen LogP contribution in [0.15, 0.2) is 0 Å². The minimum absolute atomic E-state index is 0. The molecule has 0 saturated heterocycles. The van der Waals surface area contributed by atoms with E-state index >= 15 is 0 Å². The first kappa shape index (κ1) is 15.7. The first-order valence-corrected chi connectivity index (χ1v) is 1.41. The maximum Gasteiger partial charge on any atom is 0.164 e. The van der Waals surface area contributed by atoms with Crippen molar-refractivity contribution in [2.45, 2.75) is 0 Å². The van der Waals surface area contributed by atoms with Gasteiger partial charge in [-0.1, -0.05) is 0 Å². The summed E-state index contributed by atoms with van der Waals surface area (Å²) in [5, 5.41) is 0. The molecule has 0 fully saturated rings. The fourth-order valence-electron chi connectivity index (χ4n) is 0. The Hall–Kier alpha value is 0.205. The van der Waals surface area contributed by atoms with Gasteiger partial charge in [0.1, 0.15) is 0 Å². The SMILES string of the molecule is [CH-]=O.[CH2-]C(=O)OC.[La]. The molecule has 0 unspecified atom stereocenters. The molecule has 0 aromatic heterocycles. The van der Waals surface area contributed by atoms with E-state index in [4.69, 9.17) is 4.79 Å². The monoisotopic (exact) mass is 241 g/mol. The van der Waals surface area contributed by atoms with Gasteiger partial charge in [-0.3, -0.25) is 18.5 Å². The van der Waals surface area contributed by atoms with Crippen LogP contribution in [0.2, 0.25) is 0 Å². The summed E-state index contributed by atoms with van der Waals surface area (Å²) in [4.78, 5) is 17.2. The third kappa shape index (κ3) is 34.6. The number of rotatable bonds is 0. The van der Waals surface area contributed by atoms with Gasteiger partial charge < -0.3 is 9.53 Å². The zero-order valence-corrected chi connectivity index (χ0v) is 8.21. The molecular weight excluding hydrogens is 235 g/mol. The Morgan fingerprint density at radius 1 is 1.62 bits per heavy atom. The number of ether oxygens (including phenoxy) is 1. The first-order valence-electron chi connectivity index (χ1n) is 1.41. The van der Waals surface area contributed by atoms with Crippen LogP contribution in [-0.2, 0) is 14.3 Å². The molecule has 0 bridgehead atoms. The van der Waals surface area contributed by atoms with Crippen LogP contribution in [0.1, 0.15) is 0 Å². The molecule has 0 aliphatic carbocycles. The molecule has 0 amide bonds. The van der Waals surface area contributed by atoms with Gasteiger partial charge in [0.25, 0.3) is 0 Å². The number of carbonyl (C=O) groups excluding carboxylic acids is 2. The van der Waals surface area contributed by atoms with Crippen LogP contribution in [0.4, 0.5) is 0 Å². The van der Waals surface area contributed by atoms with E-state index in [0.717, 1.165) is 0 Å². The van der Waals surface area contributed by atoms with Gasteiger partial charge >= 0.3 is 0 Å². The molecule has 45 valence electrons. The molecular formula is C4H6LaO3-2. The molecule has 0 N–H and O–H groups in total. The molecule has 0 aromatic rings. The van der Waals surface area contributed by atoms with Crippen LogP contribution in [-0.4, -0.2) is 19.9 Å². The van der Waals surface area contributed by atoms with Crippen LogP contribution in [0.25, 0.3) is 0 Å².